The van der Waals surface area contributed by atoms with Crippen molar-refractivity contribution < 1.29 is 14.6 Å². The van der Waals surface area contributed by atoms with Gasteiger partial charge in [0.2, 0.25) is 0 Å². The van der Waals surface area contributed by atoms with Gasteiger partial charge in [-0.3, -0.25) is 0 Å². The minimum absolute atomic E-state index is 0.0898. The van der Waals surface area contributed by atoms with E-state index in [9.17, 15) is 0 Å². The Kier molecular flexibility index (Phi) is 6.27. The van der Waals surface area contributed by atoms with Gasteiger partial charge in [-0.2, -0.15) is 0 Å². The second kappa shape index (κ2) is 7.75. The van der Waals surface area contributed by atoms with Crippen molar-refractivity contribution in [2.75, 3.05) is 13.7 Å². The summed E-state index contributed by atoms with van der Waals surface area (Å²) in [5.41, 5.74) is 1.90. The van der Waals surface area contributed by atoms with E-state index in [0.29, 0.717) is 13.0 Å². The van der Waals surface area contributed by atoms with Gasteiger partial charge in [-0.15, -0.1) is 0 Å². The van der Waals surface area contributed by atoms with Crippen molar-refractivity contribution in [3.8, 4) is 17.6 Å². The van der Waals surface area contributed by atoms with E-state index in [-0.39, 0.29) is 12.7 Å². The lowest BCUT2D eigenvalue weighted by Crippen LogP contribution is -2.03. The number of hydrogen-bond acceptors (Lipinski definition) is 3. The molecule has 0 unspecified atom stereocenters. The highest BCUT2D eigenvalue weighted by molar-refractivity contribution is 5.44. The quantitative estimate of drug-likeness (QED) is 0.813. The number of rotatable bonds is 5. The average Bonchev–Trinajstić information content (AvgIpc) is 2.37. The molecule has 0 fully saturated rings. The lowest BCUT2D eigenvalue weighted by Gasteiger charge is -2.11. The Morgan fingerprint density at radius 2 is 2.11 bits per heavy atom. The van der Waals surface area contributed by atoms with Crippen LogP contribution in [-0.4, -0.2) is 24.9 Å². The summed E-state index contributed by atoms with van der Waals surface area (Å²) in [7, 11) is 1.64. The molecule has 0 aliphatic carbocycles. The molecule has 98 valence electrons. The lowest BCUT2D eigenvalue weighted by molar-refractivity contribution is 0.0644. The number of aliphatic hydroxyl groups excluding tert-OH is 1. The average molecular weight is 248 g/mol. The molecule has 0 saturated heterocycles. The fourth-order valence-corrected chi connectivity index (χ4v) is 1.45. The van der Waals surface area contributed by atoms with Gasteiger partial charge in [0.25, 0.3) is 0 Å². The molecule has 0 atom stereocenters. The maximum atomic E-state index is 8.68. The molecule has 3 nitrogen and oxygen atoms in total. The second-order valence-corrected chi connectivity index (χ2v) is 4.16. The first-order valence-electron chi connectivity index (χ1n) is 6.05. The summed E-state index contributed by atoms with van der Waals surface area (Å²) in [6.45, 7) is 4.59. The van der Waals surface area contributed by atoms with E-state index in [0.717, 1.165) is 16.9 Å². The predicted molar refractivity (Wildman–Crippen MR) is 71.5 cm³/mol. The number of ether oxygens (including phenoxy) is 2. The van der Waals surface area contributed by atoms with Gasteiger partial charge in [0.05, 0.1) is 26.4 Å². The molecule has 0 bridgehead atoms. The number of methoxy groups -OCH3 is 1. The van der Waals surface area contributed by atoms with Crippen molar-refractivity contribution >= 4 is 0 Å². The first kappa shape index (κ1) is 14.6. The third-order valence-corrected chi connectivity index (χ3v) is 2.32. The van der Waals surface area contributed by atoms with Crippen molar-refractivity contribution in [3.63, 3.8) is 0 Å². The molecule has 1 aromatic rings. The monoisotopic (exact) mass is 248 g/mol. The van der Waals surface area contributed by atoms with Gasteiger partial charge in [0.15, 0.2) is 0 Å². The van der Waals surface area contributed by atoms with Crippen molar-refractivity contribution in [2.24, 2.45) is 0 Å². The molecule has 1 N–H and O–H groups in total. The molecule has 1 rings (SSSR count). The Bertz CT molecular complexity index is 427. The molecule has 0 spiro atoms. The highest BCUT2D eigenvalue weighted by Gasteiger charge is 2.05. The molecule has 18 heavy (non-hydrogen) atoms. The molecule has 1 aromatic carbocycles. The normalized spacial score (nSPS) is 10.1. The van der Waals surface area contributed by atoms with Crippen molar-refractivity contribution in [1.82, 2.24) is 0 Å². The summed E-state index contributed by atoms with van der Waals surface area (Å²) >= 11 is 0. The molecular weight excluding hydrogens is 228 g/mol. The van der Waals surface area contributed by atoms with Crippen molar-refractivity contribution in [2.45, 2.75) is 33.0 Å². The molecule has 0 radical (unpaired) electrons. The van der Waals surface area contributed by atoms with Crippen LogP contribution >= 0.6 is 0 Å². The fraction of sp³-hybridized carbons (Fsp3) is 0.467. The molecule has 3 heteroatoms. The van der Waals surface area contributed by atoms with Crippen LogP contribution in [0.3, 0.4) is 0 Å². The highest BCUT2D eigenvalue weighted by Crippen LogP contribution is 2.21. The smallest absolute Gasteiger partial charge is 0.124 e. The van der Waals surface area contributed by atoms with Crippen LogP contribution in [0.15, 0.2) is 18.2 Å². The summed E-state index contributed by atoms with van der Waals surface area (Å²) in [6, 6.07) is 5.76. The first-order chi connectivity index (χ1) is 8.67. The zero-order valence-electron chi connectivity index (χ0n) is 11.2. The molecule has 0 aromatic heterocycles. The first-order valence-corrected chi connectivity index (χ1v) is 6.05. The second-order valence-electron chi connectivity index (χ2n) is 4.16. The third kappa shape index (κ3) is 4.79. The molecule has 0 aliphatic heterocycles. The topological polar surface area (TPSA) is 38.7 Å². The lowest BCUT2D eigenvalue weighted by atomic mass is 10.1. The van der Waals surface area contributed by atoms with Crippen LogP contribution in [0.4, 0.5) is 0 Å². The fourth-order valence-electron chi connectivity index (χ4n) is 1.45. The highest BCUT2D eigenvalue weighted by atomic mass is 16.5. The van der Waals surface area contributed by atoms with Crippen molar-refractivity contribution in [3.05, 3.63) is 29.3 Å². The molecular formula is C15H20O3. The van der Waals surface area contributed by atoms with E-state index in [1.807, 2.05) is 32.0 Å². The van der Waals surface area contributed by atoms with Gasteiger partial charge in [-0.25, -0.2) is 0 Å². The van der Waals surface area contributed by atoms with Crippen LogP contribution in [0.2, 0.25) is 0 Å². The van der Waals surface area contributed by atoms with E-state index >= 15 is 0 Å². The van der Waals surface area contributed by atoms with Crippen LogP contribution in [-0.2, 0) is 11.3 Å². The Morgan fingerprint density at radius 1 is 1.33 bits per heavy atom. The standard InChI is InChI=1S/C15H20O3/c1-12(2)18-11-14-10-13(6-4-5-9-16)7-8-15(14)17-3/h7-8,10,12,16H,5,9,11H2,1-3H3. The van der Waals surface area contributed by atoms with Crippen LogP contribution in [0.1, 0.15) is 31.4 Å². The van der Waals surface area contributed by atoms with Gasteiger partial charge in [-0.05, 0) is 32.0 Å². The molecule has 0 aliphatic rings. The Hall–Kier alpha value is -1.50. The van der Waals surface area contributed by atoms with Gasteiger partial charge in [0.1, 0.15) is 5.75 Å². The van der Waals surface area contributed by atoms with E-state index in [1.54, 1.807) is 7.11 Å². The Labute approximate surface area is 109 Å². The SMILES string of the molecule is COc1ccc(C#CCCO)cc1COC(C)C. The maximum Gasteiger partial charge on any atom is 0.124 e. The van der Waals surface area contributed by atoms with Crippen LogP contribution in [0, 0.1) is 11.8 Å². The van der Waals surface area contributed by atoms with Crippen LogP contribution in [0.25, 0.3) is 0 Å². The summed E-state index contributed by atoms with van der Waals surface area (Å²) in [5.74, 6) is 6.71. The Morgan fingerprint density at radius 3 is 2.72 bits per heavy atom. The third-order valence-electron chi connectivity index (χ3n) is 2.32. The molecule has 0 amide bonds. The summed E-state index contributed by atoms with van der Waals surface area (Å²) in [5, 5.41) is 8.68. The molecule has 0 saturated carbocycles. The van der Waals surface area contributed by atoms with Gasteiger partial charge in [-0.1, -0.05) is 11.8 Å². The van der Waals surface area contributed by atoms with Crippen molar-refractivity contribution in [1.29, 1.82) is 0 Å². The van der Waals surface area contributed by atoms with E-state index in [2.05, 4.69) is 11.8 Å². The van der Waals surface area contributed by atoms with E-state index in [4.69, 9.17) is 14.6 Å². The number of benzene rings is 1. The zero-order valence-corrected chi connectivity index (χ0v) is 11.2. The van der Waals surface area contributed by atoms with E-state index in [1.165, 1.54) is 0 Å². The van der Waals surface area contributed by atoms with Crippen LogP contribution in [0.5, 0.6) is 5.75 Å². The maximum absolute atomic E-state index is 8.68. The minimum atomic E-state index is 0.0898. The number of hydrogen-bond donors (Lipinski definition) is 1. The summed E-state index contributed by atoms with van der Waals surface area (Å²) < 4.78 is 10.9. The van der Waals surface area contributed by atoms with Crippen LogP contribution < -0.4 is 4.74 Å². The Balaban J connectivity index is 2.85. The summed E-state index contributed by atoms with van der Waals surface area (Å²) in [4.78, 5) is 0. The number of aliphatic hydroxyl groups is 1. The molecule has 0 heterocycles. The zero-order chi connectivity index (χ0) is 13.4. The summed E-state index contributed by atoms with van der Waals surface area (Å²) in [6.07, 6.45) is 0.669. The minimum Gasteiger partial charge on any atom is -0.496 e. The van der Waals surface area contributed by atoms with Gasteiger partial charge < -0.3 is 14.6 Å². The van der Waals surface area contributed by atoms with Gasteiger partial charge in [0, 0.05) is 17.5 Å². The van der Waals surface area contributed by atoms with E-state index < -0.39 is 0 Å². The van der Waals surface area contributed by atoms with Gasteiger partial charge >= 0.3 is 0 Å². The predicted octanol–water partition coefficient (Wildman–Crippen LogP) is 2.35. The largest absolute Gasteiger partial charge is 0.496 e.